The number of fused-ring (bicyclic) bond motifs is 1. The van der Waals surface area contributed by atoms with E-state index in [0.29, 0.717) is 24.1 Å². The summed E-state index contributed by atoms with van der Waals surface area (Å²) in [5, 5.41) is 0. The second kappa shape index (κ2) is 6.71. The minimum Gasteiger partial charge on any atom is -0.327 e. The summed E-state index contributed by atoms with van der Waals surface area (Å²) in [4.78, 5) is 14.8. The predicted molar refractivity (Wildman–Crippen MR) is 95.8 cm³/mol. The van der Waals surface area contributed by atoms with Crippen LogP contribution >= 0.6 is 0 Å². The molecule has 2 nitrogen and oxygen atoms in total. The molecule has 0 fully saturated rings. The van der Waals surface area contributed by atoms with E-state index in [4.69, 9.17) is 0 Å². The maximum Gasteiger partial charge on any atom is 0.254 e. The number of hydrogen-bond acceptors (Lipinski definition) is 1. The zero-order valence-electron chi connectivity index (χ0n) is 14.0. The molecule has 0 saturated heterocycles. The van der Waals surface area contributed by atoms with E-state index < -0.39 is 11.9 Å². The van der Waals surface area contributed by atoms with Gasteiger partial charge in [0.25, 0.3) is 5.91 Å². The van der Waals surface area contributed by atoms with E-state index in [1.807, 2.05) is 24.3 Å². The Kier molecular flexibility index (Phi) is 4.25. The Hall–Kier alpha value is -3.01. The van der Waals surface area contributed by atoms with E-state index in [1.165, 1.54) is 30.3 Å². The van der Waals surface area contributed by atoms with Crippen molar-refractivity contribution < 1.29 is 13.6 Å². The highest BCUT2D eigenvalue weighted by molar-refractivity contribution is 5.95. The molecule has 1 aliphatic rings. The molecule has 4 heteroatoms. The van der Waals surface area contributed by atoms with Crippen LogP contribution in [0.3, 0.4) is 0 Å². The van der Waals surface area contributed by atoms with Gasteiger partial charge in [0, 0.05) is 17.7 Å². The molecule has 26 heavy (non-hydrogen) atoms. The van der Waals surface area contributed by atoms with Gasteiger partial charge in [0.2, 0.25) is 0 Å². The standard InChI is InChI=1S/C22H17F2NO/c23-17-11-9-16(10-12-17)22(26)25-14-13-15-5-1-2-6-18(15)21(25)19-7-3-4-8-20(19)24/h1-12,21H,13-14H2. The van der Waals surface area contributed by atoms with Gasteiger partial charge in [-0.15, -0.1) is 0 Å². The molecule has 3 aromatic carbocycles. The molecule has 0 saturated carbocycles. The van der Waals surface area contributed by atoms with Crippen LogP contribution in [0.4, 0.5) is 8.78 Å². The lowest BCUT2D eigenvalue weighted by atomic mass is 9.87. The van der Waals surface area contributed by atoms with Gasteiger partial charge < -0.3 is 4.90 Å². The Morgan fingerprint density at radius 3 is 2.23 bits per heavy atom. The Morgan fingerprint density at radius 1 is 0.846 bits per heavy atom. The first-order valence-electron chi connectivity index (χ1n) is 8.54. The highest BCUT2D eigenvalue weighted by Gasteiger charge is 2.33. The van der Waals surface area contributed by atoms with Crippen LogP contribution in [0.5, 0.6) is 0 Å². The number of hydrogen-bond donors (Lipinski definition) is 0. The third kappa shape index (κ3) is 2.88. The van der Waals surface area contributed by atoms with Gasteiger partial charge in [-0.05, 0) is 47.9 Å². The normalized spacial score (nSPS) is 16.2. The van der Waals surface area contributed by atoms with Crippen molar-refractivity contribution in [1.29, 1.82) is 0 Å². The minimum absolute atomic E-state index is 0.229. The first-order chi connectivity index (χ1) is 12.6. The average Bonchev–Trinajstić information content (AvgIpc) is 2.68. The second-order valence-electron chi connectivity index (χ2n) is 6.38. The van der Waals surface area contributed by atoms with E-state index in [9.17, 15) is 13.6 Å². The third-order valence-electron chi connectivity index (χ3n) is 4.84. The molecule has 0 aliphatic carbocycles. The fourth-order valence-electron chi connectivity index (χ4n) is 3.58. The number of halogens is 2. The average molecular weight is 349 g/mol. The summed E-state index contributed by atoms with van der Waals surface area (Å²) in [5.41, 5.74) is 2.91. The molecule has 3 aromatic rings. The summed E-state index contributed by atoms with van der Waals surface area (Å²) in [7, 11) is 0. The van der Waals surface area contributed by atoms with Crippen LogP contribution in [0, 0.1) is 11.6 Å². The monoisotopic (exact) mass is 349 g/mol. The Balaban J connectivity index is 1.82. The molecule has 1 amide bonds. The lowest BCUT2D eigenvalue weighted by Crippen LogP contribution is -2.41. The van der Waals surface area contributed by atoms with Crippen LogP contribution in [0.25, 0.3) is 0 Å². The number of nitrogens with zero attached hydrogens (tertiary/aromatic N) is 1. The van der Waals surface area contributed by atoms with Crippen LogP contribution in [0.1, 0.15) is 33.1 Å². The number of carbonyl (C=O) groups is 1. The van der Waals surface area contributed by atoms with Gasteiger partial charge in [0.15, 0.2) is 0 Å². The van der Waals surface area contributed by atoms with Crippen molar-refractivity contribution in [2.75, 3.05) is 6.54 Å². The maximum absolute atomic E-state index is 14.6. The summed E-state index contributed by atoms with van der Waals surface area (Å²) in [6.45, 7) is 0.478. The zero-order valence-corrected chi connectivity index (χ0v) is 14.0. The lowest BCUT2D eigenvalue weighted by Gasteiger charge is -2.38. The highest BCUT2D eigenvalue weighted by Crippen LogP contribution is 2.37. The summed E-state index contributed by atoms with van der Waals surface area (Å²) in [6.07, 6.45) is 0.702. The smallest absolute Gasteiger partial charge is 0.254 e. The van der Waals surface area contributed by atoms with Crippen molar-refractivity contribution in [1.82, 2.24) is 4.90 Å². The molecule has 130 valence electrons. The summed E-state index contributed by atoms with van der Waals surface area (Å²) in [5.74, 6) is -0.963. The van der Waals surface area contributed by atoms with E-state index in [-0.39, 0.29) is 11.7 Å². The fraction of sp³-hybridized carbons (Fsp3) is 0.136. The molecule has 0 N–H and O–H groups in total. The minimum atomic E-state index is -0.501. The van der Waals surface area contributed by atoms with E-state index >= 15 is 0 Å². The maximum atomic E-state index is 14.6. The molecular weight excluding hydrogens is 332 g/mol. The molecule has 0 radical (unpaired) electrons. The van der Waals surface area contributed by atoms with Crippen molar-refractivity contribution >= 4 is 5.91 Å². The van der Waals surface area contributed by atoms with Gasteiger partial charge in [-0.2, -0.15) is 0 Å². The van der Waals surface area contributed by atoms with Crippen molar-refractivity contribution in [2.45, 2.75) is 12.5 Å². The molecule has 4 rings (SSSR count). The van der Waals surface area contributed by atoms with Crippen molar-refractivity contribution in [3.05, 3.63) is 107 Å². The van der Waals surface area contributed by atoms with Crippen LogP contribution in [-0.2, 0) is 6.42 Å². The molecule has 1 heterocycles. The van der Waals surface area contributed by atoms with Crippen LogP contribution < -0.4 is 0 Å². The number of rotatable bonds is 2. The van der Waals surface area contributed by atoms with Crippen molar-refractivity contribution in [2.24, 2.45) is 0 Å². The van der Waals surface area contributed by atoms with Crippen molar-refractivity contribution in [3.63, 3.8) is 0 Å². The van der Waals surface area contributed by atoms with Gasteiger partial charge >= 0.3 is 0 Å². The number of benzene rings is 3. The van der Waals surface area contributed by atoms with E-state index in [1.54, 1.807) is 23.1 Å². The quantitative estimate of drug-likeness (QED) is 0.654. The topological polar surface area (TPSA) is 20.3 Å². The largest absolute Gasteiger partial charge is 0.327 e. The highest BCUT2D eigenvalue weighted by atomic mass is 19.1. The Bertz CT molecular complexity index is 952. The molecule has 1 atom stereocenters. The second-order valence-corrected chi connectivity index (χ2v) is 6.38. The first kappa shape index (κ1) is 16.5. The van der Waals surface area contributed by atoms with Gasteiger partial charge in [-0.1, -0.05) is 42.5 Å². The third-order valence-corrected chi connectivity index (χ3v) is 4.84. The SMILES string of the molecule is O=C(c1ccc(F)cc1)N1CCc2ccccc2C1c1ccccc1F. The summed E-state index contributed by atoms with van der Waals surface area (Å²) >= 11 is 0. The Labute approximate surface area is 150 Å². The molecule has 0 bridgehead atoms. The van der Waals surface area contributed by atoms with Crippen molar-refractivity contribution in [3.8, 4) is 0 Å². The molecular formula is C22H17F2NO. The fourth-order valence-corrected chi connectivity index (χ4v) is 3.58. The zero-order chi connectivity index (χ0) is 18.1. The lowest BCUT2D eigenvalue weighted by molar-refractivity contribution is 0.0692. The van der Waals surface area contributed by atoms with E-state index in [2.05, 4.69) is 0 Å². The van der Waals surface area contributed by atoms with E-state index in [0.717, 1.165) is 11.1 Å². The van der Waals surface area contributed by atoms with Gasteiger partial charge in [-0.3, -0.25) is 4.79 Å². The van der Waals surface area contributed by atoms with Crippen LogP contribution in [0.2, 0.25) is 0 Å². The molecule has 1 aliphatic heterocycles. The molecule has 0 aromatic heterocycles. The predicted octanol–water partition coefficient (Wildman–Crippen LogP) is 4.75. The number of amides is 1. The Morgan fingerprint density at radius 2 is 1.50 bits per heavy atom. The summed E-state index contributed by atoms with van der Waals surface area (Å²) < 4.78 is 27.8. The van der Waals surface area contributed by atoms with Crippen LogP contribution in [0.15, 0.2) is 72.8 Å². The summed E-state index contributed by atoms with van der Waals surface area (Å²) in [6, 6.07) is 19.3. The van der Waals surface area contributed by atoms with Gasteiger partial charge in [-0.25, -0.2) is 8.78 Å². The van der Waals surface area contributed by atoms with Crippen LogP contribution in [-0.4, -0.2) is 17.4 Å². The molecule has 1 unspecified atom stereocenters. The first-order valence-corrected chi connectivity index (χ1v) is 8.54. The van der Waals surface area contributed by atoms with Gasteiger partial charge in [0.05, 0.1) is 6.04 Å². The van der Waals surface area contributed by atoms with Gasteiger partial charge in [0.1, 0.15) is 11.6 Å². The molecule has 0 spiro atoms. The number of carbonyl (C=O) groups excluding carboxylic acids is 1.